The third kappa shape index (κ3) is 4.38. The average molecular weight is 472 g/mol. The number of allylic oxidation sites excluding steroid dienone is 1. The van der Waals surface area contributed by atoms with Crippen LogP contribution in [-0.4, -0.2) is 40.2 Å². The lowest BCUT2D eigenvalue weighted by Gasteiger charge is -2.39. The van der Waals surface area contributed by atoms with E-state index in [1.54, 1.807) is 6.08 Å². The van der Waals surface area contributed by atoms with Gasteiger partial charge in [-0.2, -0.15) is 5.10 Å². The minimum atomic E-state index is -0.580. The summed E-state index contributed by atoms with van der Waals surface area (Å²) in [5, 5.41) is 8.27. The van der Waals surface area contributed by atoms with Crippen molar-refractivity contribution in [3.63, 3.8) is 0 Å². The SMILES string of the molecule is C=CC(=C)N1CCC(C2CCNc3c(C(N)=O)c(-c4cc(F)c(Cl)c(CCC)c4)nn32)CC1. The number of benzene rings is 1. The maximum absolute atomic E-state index is 14.6. The van der Waals surface area contributed by atoms with Gasteiger partial charge in [0.15, 0.2) is 0 Å². The van der Waals surface area contributed by atoms with Gasteiger partial charge in [-0.3, -0.25) is 4.79 Å². The van der Waals surface area contributed by atoms with Crippen LogP contribution in [0.25, 0.3) is 11.3 Å². The van der Waals surface area contributed by atoms with Gasteiger partial charge in [-0.15, -0.1) is 0 Å². The molecule has 2 aliphatic heterocycles. The number of primary amides is 1. The average Bonchev–Trinajstić information content (AvgIpc) is 3.21. The lowest BCUT2D eigenvalue weighted by molar-refractivity contribution is 0.100. The van der Waals surface area contributed by atoms with E-state index in [-0.39, 0.29) is 11.1 Å². The van der Waals surface area contributed by atoms with Crippen LogP contribution < -0.4 is 11.1 Å². The van der Waals surface area contributed by atoms with Gasteiger partial charge in [0.1, 0.15) is 22.9 Å². The van der Waals surface area contributed by atoms with E-state index in [0.717, 1.165) is 51.0 Å². The Bertz CT molecular complexity index is 1090. The molecule has 3 N–H and O–H groups in total. The standard InChI is InChI=1S/C25H31ClFN5O/c1-4-6-17-13-18(14-19(27)22(17)26)23-21(24(28)33)25-29-10-7-20(32(25)30-23)16-8-11-31(12-9-16)15(3)5-2/h5,13-14,16,20,29H,2-4,6-12H2,1H3,(H2,28,33). The third-order valence-corrected chi connectivity index (χ3v) is 7.25. The van der Waals surface area contributed by atoms with Gasteiger partial charge >= 0.3 is 0 Å². The Kier molecular flexibility index (Phi) is 6.79. The first-order valence-corrected chi connectivity index (χ1v) is 11.9. The van der Waals surface area contributed by atoms with E-state index in [1.807, 2.05) is 17.7 Å². The number of nitrogens with zero attached hydrogens (tertiary/aromatic N) is 3. The van der Waals surface area contributed by atoms with Gasteiger partial charge in [0.05, 0.1) is 11.1 Å². The molecular weight excluding hydrogens is 441 g/mol. The number of fused-ring (bicyclic) bond motifs is 1. The molecule has 1 atom stereocenters. The molecule has 0 radical (unpaired) electrons. The van der Waals surface area contributed by atoms with Crippen LogP contribution in [0, 0.1) is 11.7 Å². The summed E-state index contributed by atoms with van der Waals surface area (Å²) in [7, 11) is 0. The zero-order valence-electron chi connectivity index (χ0n) is 19.0. The minimum Gasteiger partial charge on any atom is -0.372 e. The molecule has 0 bridgehead atoms. The van der Waals surface area contributed by atoms with E-state index >= 15 is 0 Å². The quantitative estimate of drug-likeness (QED) is 0.547. The van der Waals surface area contributed by atoms with Crippen molar-refractivity contribution in [1.29, 1.82) is 0 Å². The molecule has 2 aromatic rings. The molecule has 1 fully saturated rings. The zero-order valence-corrected chi connectivity index (χ0v) is 19.8. The molecule has 1 aromatic carbocycles. The second-order valence-electron chi connectivity index (χ2n) is 8.86. The van der Waals surface area contributed by atoms with Crippen LogP contribution in [0.15, 0.2) is 37.1 Å². The van der Waals surface area contributed by atoms with Crippen LogP contribution in [0.2, 0.25) is 5.02 Å². The molecular formula is C25H31ClFN5O. The number of nitrogens with one attached hydrogen (secondary N) is 1. The Labute approximate surface area is 199 Å². The fourth-order valence-electron chi connectivity index (χ4n) is 5.11. The molecule has 1 aromatic heterocycles. The van der Waals surface area contributed by atoms with E-state index in [1.165, 1.54) is 6.07 Å². The molecule has 0 spiro atoms. The molecule has 4 rings (SSSR count). The van der Waals surface area contributed by atoms with Gasteiger partial charge in [-0.05, 0) is 55.4 Å². The number of piperidine rings is 1. The molecule has 0 saturated carbocycles. The maximum atomic E-state index is 14.6. The third-order valence-electron chi connectivity index (χ3n) is 6.83. The van der Waals surface area contributed by atoms with E-state index in [4.69, 9.17) is 22.4 Å². The number of aromatic nitrogens is 2. The summed E-state index contributed by atoms with van der Waals surface area (Å²) in [6.07, 6.45) is 6.14. The highest BCUT2D eigenvalue weighted by Crippen LogP contribution is 2.41. The number of hydrogen-bond donors (Lipinski definition) is 2. The van der Waals surface area contributed by atoms with Crippen molar-refractivity contribution in [2.75, 3.05) is 25.0 Å². The Hall–Kier alpha value is -2.80. The van der Waals surface area contributed by atoms with Crippen molar-refractivity contribution in [3.05, 3.63) is 59.0 Å². The van der Waals surface area contributed by atoms with E-state index < -0.39 is 11.7 Å². The number of nitrogens with two attached hydrogens (primary N) is 1. The molecule has 33 heavy (non-hydrogen) atoms. The summed E-state index contributed by atoms with van der Waals surface area (Å²) in [6, 6.07) is 3.31. The highest BCUT2D eigenvalue weighted by atomic mass is 35.5. The fraction of sp³-hybridized carbons (Fsp3) is 0.440. The van der Waals surface area contributed by atoms with E-state index in [9.17, 15) is 9.18 Å². The number of aryl methyl sites for hydroxylation is 1. The molecule has 176 valence electrons. The molecule has 6 nitrogen and oxygen atoms in total. The summed E-state index contributed by atoms with van der Waals surface area (Å²) < 4.78 is 16.6. The first-order chi connectivity index (χ1) is 15.8. The number of carbonyl (C=O) groups excluding carboxylic acids is 1. The Balaban J connectivity index is 1.72. The molecule has 0 aliphatic carbocycles. The van der Waals surface area contributed by atoms with Crippen LogP contribution in [0.4, 0.5) is 10.2 Å². The van der Waals surface area contributed by atoms with Crippen molar-refractivity contribution in [3.8, 4) is 11.3 Å². The van der Waals surface area contributed by atoms with Crippen LogP contribution in [0.5, 0.6) is 0 Å². The number of anilines is 1. The predicted molar refractivity (Wildman–Crippen MR) is 131 cm³/mol. The van der Waals surface area contributed by atoms with Crippen molar-refractivity contribution in [1.82, 2.24) is 14.7 Å². The number of halogens is 2. The molecule has 1 unspecified atom stereocenters. The van der Waals surface area contributed by atoms with Gasteiger partial charge in [-0.1, -0.05) is 38.1 Å². The fourth-order valence-corrected chi connectivity index (χ4v) is 5.31. The van der Waals surface area contributed by atoms with Crippen LogP contribution >= 0.6 is 11.6 Å². The topological polar surface area (TPSA) is 76.2 Å². The van der Waals surface area contributed by atoms with Gasteiger partial charge in [0.25, 0.3) is 5.91 Å². The van der Waals surface area contributed by atoms with Crippen molar-refractivity contribution in [2.24, 2.45) is 11.7 Å². The molecule has 1 saturated heterocycles. The number of hydrogen-bond acceptors (Lipinski definition) is 4. The first-order valence-electron chi connectivity index (χ1n) is 11.6. The maximum Gasteiger partial charge on any atom is 0.254 e. The molecule has 2 aliphatic rings. The Morgan fingerprint density at radius 1 is 1.36 bits per heavy atom. The molecule has 1 amide bonds. The first kappa shape index (κ1) is 23.4. The summed E-state index contributed by atoms with van der Waals surface area (Å²) >= 11 is 6.18. The second kappa shape index (κ2) is 9.59. The summed E-state index contributed by atoms with van der Waals surface area (Å²) in [5.74, 6) is -0.0629. The number of amides is 1. The lowest BCUT2D eigenvalue weighted by atomic mass is 9.86. The smallest absolute Gasteiger partial charge is 0.254 e. The predicted octanol–water partition coefficient (Wildman–Crippen LogP) is 5.16. The summed E-state index contributed by atoms with van der Waals surface area (Å²) in [5.41, 5.74) is 8.68. The zero-order chi connectivity index (χ0) is 23.7. The van der Waals surface area contributed by atoms with E-state index in [0.29, 0.717) is 40.5 Å². The summed E-state index contributed by atoms with van der Waals surface area (Å²) in [4.78, 5) is 14.8. The normalized spacial score (nSPS) is 18.5. The van der Waals surface area contributed by atoms with Gasteiger partial charge < -0.3 is 16.0 Å². The van der Waals surface area contributed by atoms with Crippen LogP contribution in [0.3, 0.4) is 0 Å². The largest absolute Gasteiger partial charge is 0.372 e. The molecule has 8 heteroatoms. The highest BCUT2D eigenvalue weighted by Gasteiger charge is 2.35. The number of rotatable bonds is 7. The highest BCUT2D eigenvalue weighted by molar-refractivity contribution is 6.31. The van der Waals surface area contributed by atoms with Crippen molar-refractivity contribution >= 4 is 23.3 Å². The minimum absolute atomic E-state index is 0.120. The number of likely N-dealkylation sites (tertiary alicyclic amines) is 1. The monoisotopic (exact) mass is 471 g/mol. The molecule has 3 heterocycles. The Morgan fingerprint density at radius 3 is 2.73 bits per heavy atom. The second-order valence-corrected chi connectivity index (χ2v) is 9.24. The van der Waals surface area contributed by atoms with Crippen LogP contribution in [-0.2, 0) is 6.42 Å². The Morgan fingerprint density at radius 2 is 2.09 bits per heavy atom. The van der Waals surface area contributed by atoms with Gasteiger partial charge in [0.2, 0.25) is 0 Å². The lowest BCUT2D eigenvalue weighted by Crippen LogP contribution is -2.38. The van der Waals surface area contributed by atoms with E-state index in [2.05, 4.69) is 23.4 Å². The van der Waals surface area contributed by atoms with Gasteiger partial charge in [-0.25, -0.2) is 9.07 Å². The summed E-state index contributed by atoms with van der Waals surface area (Å²) in [6.45, 7) is 12.4. The number of carbonyl (C=O) groups is 1. The van der Waals surface area contributed by atoms with Crippen LogP contribution in [0.1, 0.15) is 54.6 Å². The van der Waals surface area contributed by atoms with Crippen molar-refractivity contribution in [2.45, 2.75) is 45.1 Å². The van der Waals surface area contributed by atoms with Crippen molar-refractivity contribution < 1.29 is 9.18 Å². The van der Waals surface area contributed by atoms with Gasteiger partial charge in [0, 0.05) is 30.9 Å².